The molecule has 0 heterocycles. The molecular weight excluding hydrogens is 294 g/mol. The molecule has 0 spiro atoms. The van der Waals surface area contributed by atoms with Gasteiger partial charge in [-0.25, -0.2) is 4.39 Å². The molecule has 0 aliphatic rings. The highest BCUT2D eigenvalue weighted by Crippen LogP contribution is 2.35. The molecule has 0 radical (unpaired) electrons. The van der Waals surface area contributed by atoms with Crippen LogP contribution in [0.4, 0.5) is 4.39 Å². The molecular formula is C13H7Cl2FOS. The van der Waals surface area contributed by atoms with Crippen molar-refractivity contribution < 1.29 is 9.18 Å². The van der Waals surface area contributed by atoms with E-state index in [1.54, 1.807) is 24.3 Å². The van der Waals surface area contributed by atoms with Crippen LogP contribution < -0.4 is 0 Å². The molecule has 0 saturated heterocycles. The van der Waals surface area contributed by atoms with Crippen molar-refractivity contribution >= 4 is 41.2 Å². The summed E-state index contributed by atoms with van der Waals surface area (Å²) in [6, 6.07) is 9.16. The molecule has 0 aliphatic heterocycles. The Morgan fingerprint density at radius 2 is 1.89 bits per heavy atom. The highest BCUT2D eigenvalue weighted by molar-refractivity contribution is 7.99. The summed E-state index contributed by atoms with van der Waals surface area (Å²) >= 11 is 13.1. The van der Waals surface area contributed by atoms with Crippen molar-refractivity contribution in [3.8, 4) is 0 Å². The van der Waals surface area contributed by atoms with E-state index in [9.17, 15) is 9.18 Å². The van der Waals surface area contributed by atoms with E-state index < -0.39 is 5.82 Å². The van der Waals surface area contributed by atoms with Gasteiger partial charge < -0.3 is 0 Å². The predicted octanol–water partition coefficient (Wildman–Crippen LogP) is 5.10. The Kier molecular flexibility index (Phi) is 4.27. The van der Waals surface area contributed by atoms with Gasteiger partial charge in [0.2, 0.25) is 0 Å². The van der Waals surface area contributed by atoms with Crippen LogP contribution in [0.2, 0.25) is 10.0 Å². The predicted molar refractivity (Wildman–Crippen MR) is 72.4 cm³/mol. The van der Waals surface area contributed by atoms with Gasteiger partial charge in [-0.3, -0.25) is 4.79 Å². The van der Waals surface area contributed by atoms with Crippen LogP contribution in [-0.2, 0) is 0 Å². The first-order chi connectivity index (χ1) is 8.58. The topological polar surface area (TPSA) is 17.1 Å². The van der Waals surface area contributed by atoms with E-state index in [0.29, 0.717) is 26.1 Å². The van der Waals surface area contributed by atoms with Crippen molar-refractivity contribution in [1.29, 1.82) is 0 Å². The molecule has 2 aromatic rings. The van der Waals surface area contributed by atoms with Crippen LogP contribution in [0.3, 0.4) is 0 Å². The Morgan fingerprint density at radius 1 is 1.11 bits per heavy atom. The maximum Gasteiger partial charge on any atom is 0.150 e. The second-order valence-electron chi connectivity index (χ2n) is 3.51. The van der Waals surface area contributed by atoms with E-state index >= 15 is 0 Å². The summed E-state index contributed by atoms with van der Waals surface area (Å²) in [7, 11) is 0. The molecule has 0 amide bonds. The van der Waals surface area contributed by atoms with E-state index in [1.165, 1.54) is 23.9 Å². The summed E-state index contributed by atoms with van der Waals surface area (Å²) in [5, 5.41) is 1.08. The first kappa shape index (κ1) is 13.4. The van der Waals surface area contributed by atoms with Gasteiger partial charge in [0, 0.05) is 20.4 Å². The Morgan fingerprint density at radius 3 is 2.61 bits per heavy atom. The van der Waals surface area contributed by atoms with E-state index in [-0.39, 0.29) is 5.56 Å². The lowest BCUT2D eigenvalue weighted by Gasteiger charge is -2.05. The normalized spacial score (nSPS) is 10.4. The van der Waals surface area contributed by atoms with Gasteiger partial charge in [-0.15, -0.1) is 0 Å². The largest absolute Gasteiger partial charge is 0.298 e. The zero-order valence-corrected chi connectivity index (χ0v) is 11.3. The molecule has 0 saturated carbocycles. The second-order valence-corrected chi connectivity index (χ2v) is 5.47. The van der Waals surface area contributed by atoms with Crippen molar-refractivity contribution in [2.24, 2.45) is 0 Å². The van der Waals surface area contributed by atoms with Gasteiger partial charge in [-0.1, -0.05) is 35.0 Å². The number of aldehydes is 1. The first-order valence-electron chi connectivity index (χ1n) is 4.97. The lowest BCUT2D eigenvalue weighted by atomic mass is 10.2. The van der Waals surface area contributed by atoms with E-state index in [4.69, 9.17) is 23.2 Å². The number of carbonyl (C=O) groups excluding carboxylic acids is 1. The highest BCUT2D eigenvalue weighted by atomic mass is 35.5. The molecule has 5 heteroatoms. The van der Waals surface area contributed by atoms with Gasteiger partial charge in [-0.05, 0) is 36.4 Å². The third kappa shape index (κ3) is 3.25. The van der Waals surface area contributed by atoms with Crippen LogP contribution in [0.5, 0.6) is 0 Å². The van der Waals surface area contributed by atoms with Gasteiger partial charge in [0.05, 0.1) is 5.02 Å². The van der Waals surface area contributed by atoms with Crippen LogP contribution in [0.25, 0.3) is 0 Å². The minimum Gasteiger partial charge on any atom is -0.298 e. The van der Waals surface area contributed by atoms with Gasteiger partial charge in [0.1, 0.15) is 12.1 Å². The van der Waals surface area contributed by atoms with E-state index in [2.05, 4.69) is 0 Å². The number of rotatable bonds is 3. The lowest BCUT2D eigenvalue weighted by molar-refractivity contribution is 0.112. The Hall–Kier alpha value is -1.03. The zero-order chi connectivity index (χ0) is 13.1. The number of halogens is 3. The van der Waals surface area contributed by atoms with E-state index in [1.807, 2.05) is 0 Å². The fourth-order valence-corrected chi connectivity index (χ4v) is 2.84. The SMILES string of the molecule is O=Cc1cc(F)cc(Sc2cc(Cl)ccc2Cl)c1. The fraction of sp³-hybridized carbons (Fsp3) is 0. The standard InChI is InChI=1S/C13H7Cl2FOS/c14-9-1-2-12(15)13(5-9)18-11-4-8(7-17)3-10(16)6-11/h1-7H. The van der Waals surface area contributed by atoms with Gasteiger partial charge in [-0.2, -0.15) is 0 Å². The van der Waals surface area contributed by atoms with Crippen molar-refractivity contribution in [3.63, 3.8) is 0 Å². The Bertz CT molecular complexity index is 602. The third-order valence-electron chi connectivity index (χ3n) is 2.15. The van der Waals surface area contributed by atoms with Crippen molar-refractivity contribution in [3.05, 3.63) is 57.8 Å². The third-order valence-corrected chi connectivity index (χ3v) is 3.86. The molecule has 0 fully saturated rings. The smallest absolute Gasteiger partial charge is 0.150 e. The van der Waals surface area contributed by atoms with Crippen LogP contribution >= 0.6 is 35.0 Å². The molecule has 0 bridgehead atoms. The van der Waals surface area contributed by atoms with Crippen molar-refractivity contribution in [2.75, 3.05) is 0 Å². The zero-order valence-electron chi connectivity index (χ0n) is 8.99. The molecule has 18 heavy (non-hydrogen) atoms. The van der Waals surface area contributed by atoms with Gasteiger partial charge >= 0.3 is 0 Å². The minimum atomic E-state index is -0.458. The van der Waals surface area contributed by atoms with Crippen LogP contribution in [0.1, 0.15) is 10.4 Å². The number of hydrogen-bond donors (Lipinski definition) is 0. The molecule has 0 atom stereocenters. The average Bonchev–Trinajstić information content (AvgIpc) is 2.33. The summed E-state index contributed by atoms with van der Waals surface area (Å²) in [5.41, 5.74) is 0.288. The van der Waals surface area contributed by atoms with Crippen molar-refractivity contribution in [2.45, 2.75) is 9.79 Å². The lowest BCUT2D eigenvalue weighted by Crippen LogP contribution is -1.85. The average molecular weight is 301 g/mol. The monoisotopic (exact) mass is 300 g/mol. The summed E-state index contributed by atoms with van der Waals surface area (Å²) in [6.07, 6.45) is 0.604. The number of benzene rings is 2. The maximum absolute atomic E-state index is 13.3. The molecule has 0 N–H and O–H groups in total. The maximum atomic E-state index is 13.3. The quantitative estimate of drug-likeness (QED) is 0.734. The molecule has 92 valence electrons. The van der Waals surface area contributed by atoms with Crippen LogP contribution in [0, 0.1) is 5.82 Å². The highest BCUT2D eigenvalue weighted by Gasteiger charge is 2.06. The first-order valence-corrected chi connectivity index (χ1v) is 6.54. The van der Waals surface area contributed by atoms with Gasteiger partial charge in [0.15, 0.2) is 0 Å². The summed E-state index contributed by atoms with van der Waals surface area (Å²) in [6.45, 7) is 0. The summed E-state index contributed by atoms with van der Waals surface area (Å²) in [4.78, 5) is 12.0. The van der Waals surface area contributed by atoms with Crippen LogP contribution in [0.15, 0.2) is 46.2 Å². The van der Waals surface area contributed by atoms with Crippen molar-refractivity contribution in [1.82, 2.24) is 0 Å². The molecule has 2 aromatic carbocycles. The molecule has 1 nitrogen and oxygen atoms in total. The van der Waals surface area contributed by atoms with Gasteiger partial charge in [0.25, 0.3) is 0 Å². The number of carbonyl (C=O) groups is 1. The molecule has 0 aliphatic carbocycles. The van der Waals surface area contributed by atoms with E-state index in [0.717, 1.165) is 0 Å². The summed E-state index contributed by atoms with van der Waals surface area (Å²) in [5.74, 6) is -0.458. The minimum absolute atomic E-state index is 0.288. The Labute approximate surface area is 118 Å². The summed E-state index contributed by atoms with van der Waals surface area (Å²) < 4.78 is 13.3. The molecule has 0 aromatic heterocycles. The second kappa shape index (κ2) is 5.74. The van der Waals surface area contributed by atoms with Crippen LogP contribution in [-0.4, -0.2) is 6.29 Å². The molecule has 0 unspecified atom stereocenters. The fourth-order valence-electron chi connectivity index (χ4n) is 1.39. The Balaban J connectivity index is 2.36. The molecule has 2 rings (SSSR count). The number of hydrogen-bond acceptors (Lipinski definition) is 2.